The summed E-state index contributed by atoms with van der Waals surface area (Å²) in [4.78, 5) is 20.7. The largest absolute Gasteiger partial charge is 0.478 e. The first-order chi connectivity index (χ1) is 8.11. The van der Waals surface area contributed by atoms with Crippen molar-refractivity contribution in [1.29, 1.82) is 0 Å². The first-order valence-electron chi connectivity index (χ1n) is 5.66. The van der Waals surface area contributed by atoms with Crippen LogP contribution in [0.4, 0.5) is 0 Å². The lowest BCUT2D eigenvalue weighted by Gasteiger charge is -2.39. The Morgan fingerprint density at radius 3 is 2.94 bits per heavy atom. The standard InChI is InChI=1S/C11H16O6/c1-8(10(12)13)5-9-3-2-4-11(6-9)7-14-16-17-15-11/h9H,1-7H2,(H,12,13). The van der Waals surface area contributed by atoms with Gasteiger partial charge in [0, 0.05) is 5.57 Å². The van der Waals surface area contributed by atoms with E-state index < -0.39 is 11.6 Å². The van der Waals surface area contributed by atoms with Crippen molar-refractivity contribution in [3.8, 4) is 0 Å². The van der Waals surface area contributed by atoms with Gasteiger partial charge in [-0.3, -0.25) is 0 Å². The fourth-order valence-electron chi connectivity index (χ4n) is 2.52. The van der Waals surface area contributed by atoms with Crippen molar-refractivity contribution in [2.75, 3.05) is 6.61 Å². The molecule has 6 heteroatoms. The van der Waals surface area contributed by atoms with Crippen LogP contribution in [0.2, 0.25) is 0 Å². The molecule has 2 atom stereocenters. The zero-order chi connectivity index (χ0) is 12.3. The summed E-state index contributed by atoms with van der Waals surface area (Å²) < 4.78 is 0. The molecule has 1 aliphatic heterocycles. The minimum atomic E-state index is -0.940. The lowest BCUT2D eigenvalue weighted by molar-refractivity contribution is -0.692. The van der Waals surface area contributed by atoms with Crippen molar-refractivity contribution in [2.24, 2.45) is 5.92 Å². The molecule has 2 fully saturated rings. The van der Waals surface area contributed by atoms with Gasteiger partial charge in [0.15, 0.2) is 0 Å². The maximum atomic E-state index is 10.7. The molecule has 6 nitrogen and oxygen atoms in total. The molecule has 1 saturated carbocycles. The summed E-state index contributed by atoms with van der Waals surface area (Å²) in [7, 11) is 0. The first-order valence-corrected chi connectivity index (χ1v) is 5.66. The van der Waals surface area contributed by atoms with Gasteiger partial charge < -0.3 is 5.11 Å². The smallest absolute Gasteiger partial charge is 0.330 e. The summed E-state index contributed by atoms with van der Waals surface area (Å²) >= 11 is 0. The normalized spacial score (nSPS) is 33.5. The number of carboxylic acid groups (broad SMARTS) is 1. The Bertz CT molecular complexity index is 302. The zero-order valence-corrected chi connectivity index (χ0v) is 9.52. The van der Waals surface area contributed by atoms with Crippen LogP contribution in [0, 0.1) is 5.92 Å². The predicted molar refractivity (Wildman–Crippen MR) is 55.3 cm³/mol. The molecule has 1 heterocycles. The minimum absolute atomic E-state index is 0.234. The average Bonchev–Trinajstić information content (AvgIpc) is 2.30. The highest BCUT2D eigenvalue weighted by Crippen LogP contribution is 2.39. The molecule has 17 heavy (non-hydrogen) atoms. The van der Waals surface area contributed by atoms with Crippen LogP contribution in [0.15, 0.2) is 12.2 Å². The Labute approximate surface area is 98.9 Å². The second-order valence-electron chi connectivity index (χ2n) is 4.74. The van der Waals surface area contributed by atoms with Gasteiger partial charge in [-0.1, -0.05) is 13.0 Å². The van der Waals surface area contributed by atoms with E-state index in [0.29, 0.717) is 19.4 Å². The molecule has 1 N–H and O–H groups in total. The van der Waals surface area contributed by atoms with E-state index in [-0.39, 0.29) is 11.5 Å². The zero-order valence-electron chi connectivity index (χ0n) is 9.52. The average molecular weight is 244 g/mol. The van der Waals surface area contributed by atoms with Gasteiger partial charge in [0.2, 0.25) is 0 Å². The van der Waals surface area contributed by atoms with E-state index in [1.807, 2.05) is 0 Å². The molecule has 2 unspecified atom stereocenters. The molecule has 1 saturated heterocycles. The van der Waals surface area contributed by atoms with E-state index in [9.17, 15) is 4.79 Å². The molecule has 96 valence electrons. The maximum absolute atomic E-state index is 10.7. The fraction of sp³-hybridized carbons (Fsp3) is 0.727. The predicted octanol–water partition coefficient (Wildman–Crippen LogP) is 1.77. The van der Waals surface area contributed by atoms with Crippen LogP contribution in [-0.2, 0) is 24.6 Å². The molecule has 0 amide bonds. The summed E-state index contributed by atoms with van der Waals surface area (Å²) in [5.74, 6) is -0.706. The van der Waals surface area contributed by atoms with E-state index >= 15 is 0 Å². The van der Waals surface area contributed by atoms with Crippen molar-refractivity contribution < 1.29 is 29.8 Å². The number of carboxylic acids is 1. The molecular formula is C11H16O6. The van der Waals surface area contributed by atoms with Gasteiger partial charge in [-0.15, -0.1) is 0 Å². The molecule has 0 radical (unpaired) electrons. The van der Waals surface area contributed by atoms with E-state index in [2.05, 4.69) is 16.7 Å². The van der Waals surface area contributed by atoms with Crippen LogP contribution in [0.3, 0.4) is 0 Å². The second-order valence-corrected chi connectivity index (χ2v) is 4.74. The monoisotopic (exact) mass is 244 g/mol. The van der Waals surface area contributed by atoms with E-state index in [1.54, 1.807) is 0 Å². The highest BCUT2D eigenvalue weighted by molar-refractivity contribution is 5.85. The van der Waals surface area contributed by atoms with Crippen molar-refractivity contribution in [3.05, 3.63) is 12.2 Å². The molecule has 1 aliphatic carbocycles. The topological polar surface area (TPSA) is 74.2 Å². The molecule has 2 aliphatic rings. The van der Waals surface area contributed by atoms with Gasteiger partial charge in [0.05, 0.1) is 0 Å². The van der Waals surface area contributed by atoms with Crippen LogP contribution in [0.1, 0.15) is 32.1 Å². The minimum Gasteiger partial charge on any atom is -0.478 e. The summed E-state index contributed by atoms with van der Waals surface area (Å²) in [6, 6.07) is 0. The third-order valence-electron chi connectivity index (χ3n) is 3.35. The van der Waals surface area contributed by atoms with Crippen LogP contribution in [0.25, 0.3) is 0 Å². The lowest BCUT2D eigenvalue weighted by atomic mass is 9.76. The van der Waals surface area contributed by atoms with E-state index in [0.717, 1.165) is 19.3 Å². The van der Waals surface area contributed by atoms with Gasteiger partial charge in [-0.2, -0.15) is 4.89 Å². The number of hydrogen-bond donors (Lipinski definition) is 1. The highest BCUT2D eigenvalue weighted by atomic mass is 17.7. The van der Waals surface area contributed by atoms with Gasteiger partial charge in [0.1, 0.15) is 12.2 Å². The summed E-state index contributed by atoms with van der Waals surface area (Å²) in [5, 5.41) is 17.4. The highest BCUT2D eigenvalue weighted by Gasteiger charge is 2.42. The summed E-state index contributed by atoms with van der Waals surface area (Å²) in [5.41, 5.74) is -0.263. The Hall–Kier alpha value is -0.950. The van der Waals surface area contributed by atoms with Crippen LogP contribution < -0.4 is 0 Å². The third kappa shape index (κ3) is 3.04. The Morgan fingerprint density at radius 2 is 2.29 bits per heavy atom. The second kappa shape index (κ2) is 5.14. The van der Waals surface area contributed by atoms with Crippen molar-refractivity contribution in [2.45, 2.75) is 37.7 Å². The number of carbonyl (C=O) groups is 1. The van der Waals surface area contributed by atoms with Gasteiger partial charge >= 0.3 is 5.97 Å². The lowest BCUT2D eigenvalue weighted by Crippen LogP contribution is -2.45. The van der Waals surface area contributed by atoms with Crippen molar-refractivity contribution in [1.82, 2.24) is 0 Å². The molecule has 0 aromatic rings. The summed E-state index contributed by atoms with van der Waals surface area (Å²) in [6.07, 6.45) is 3.92. The Balaban J connectivity index is 1.92. The molecule has 1 spiro atoms. The van der Waals surface area contributed by atoms with Crippen LogP contribution in [-0.4, -0.2) is 23.3 Å². The van der Waals surface area contributed by atoms with Crippen LogP contribution >= 0.6 is 0 Å². The fourth-order valence-corrected chi connectivity index (χ4v) is 2.52. The Morgan fingerprint density at radius 1 is 1.47 bits per heavy atom. The third-order valence-corrected chi connectivity index (χ3v) is 3.35. The number of aliphatic carboxylic acids is 1. The molecular weight excluding hydrogens is 228 g/mol. The molecule has 2 rings (SSSR count). The molecule has 0 aromatic carbocycles. The number of rotatable bonds is 3. The summed E-state index contributed by atoms with van der Waals surface area (Å²) in [6.45, 7) is 3.86. The molecule has 0 aromatic heterocycles. The Kier molecular flexibility index (Phi) is 3.78. The maximum Gasteiger partial charge on any atom is 0.330 e. The van der Waals surface area contributed by atoms with Gasteiger partial charge in [0.25, 0.3) is 0 Å². The quantitative estimate of drug-likeness (QED) is 0.602. The van der Waals surface area contributed by atoms with Crippen LogP contribution in [0.5, 0.6) is 0 Å². The molecule has 0 bridgehead atoms. The first kappa shape index (κ1) is 12.5. The van der Waals surface area contributed by atoms with E-state index in [1.165, 1.54) is 0 Å². The number of hydrogen-bond acceptors (Lipinski definition) is 5. The van der Waals surface area contributed by atoms with Crippen molar-refractivity contribution in [3.63, 3.8) is 0 Å². The van der Waals surface area contributed by atoms with Crippen molar-refractivity contribution >= 4 is 5.97 Å². The SMILES string of the molecule is C=C(CC1CCCC2(COOOO2)C1)C(=O)O. The van der Waals surface area contributed by atoms with Gasteiger partial charge in [-0.05, 0) is 41.7 Å². The van der Waals surface area contributed by atoms with E-state index in [4.69, 9.17) is 14.9 Å². The van der Waals surface area contributed by atoms with Gasteiger partial charge in [-0.25, -0.2) is 9.68 Å².